The lowest BCUT2D eigenvalue weighted by Gasteiger charge is -2.12. The summed E-state index contributed by atoms with van der Waals surface area (Å²) in [5, 5.41) is 16.5. The number of nitrogens with zero attached hydrogens (tertiary/aromatic N) is 3. The second-order valence-corrected chi connectivity index (χ2v) is 3.99. The molecular weight excluding hydrogens is 250 g/mol. The number of hydrogen-bond donors (Lipinski definition) is 2. The van der Waals surface area contributed by atoms with E-state index in [0.717, 1.165) is 0 Å². The predicted molar refractivity (Wildman–Crippen MR) is 72.2 cm³/mol. The van der Waals surface area contributed by atoms with Crippen LogP contribution in [0.4, 0.5) is 17.3 Å². The van der Waals surface area contributed by atoms with Crippen molar-refractivity contribution in [2.75, 3.05) is 37.8 Å². The monoisotopic (exact) mass is 267 g/mol. The molecule has 1 rings (SSSR count). The molecule has 0 fully saturated rings. The Morgan fingerprint density at radius 3 is 2.63 bits per heavy atom. The third-order valence-corrected chi connectivity index (χ3v) is 2.33. The first-order valence-electron chi connectivity index (χ1n) is 5.79. The summed E-state index contributed by atoms with van der Waals surface area (Å²) < 4.78 is 0. The van der Waals surface area contributed by atoms with E-state index in [-0.39, 0.29) is 24.0 Å². The van der Waals surface area contributed by atoms with E-state index in [2.05, 4.69) is 15.6 Å². The van der Waals surface area contributed by atoms with E-state index in [9.17, 15) is 14.9 Å². The Morgan fingerprint density at radius 2 is 2.11 bits per heavy atom. The van der Waals surface area contributed by atoms with Crippen molar-refractivity contribution >= 4 is 23.2 Å². The van der Waals surface area contributed by atoms with Gasteiger partial charge in [0.15, 0.2) is 0 Å². The van der Waals surface area contributed by atoms with E-state index < -0.39 is 4.92 Å². The van der Waals surface area contributed by atoms with Gasteiger partial charge in [0.1, 0.15) is 5.82 Å². The summed E-state index contributed by atoms with van der Waals surface area (Å²) in [6.45, 7) is 2.50. The van der Waals surface area contributed by atoms with Crippen LogP contribution >= 0.6 is 0 Å². The molecule has 8 heteroatoms. The van der Waals surface area contributed by atoms with Gasteiger partial charge in [-0.1, -0.05) is 0 Å². The van der Waals surface area contributed by atoms with Crippen molar-refractivity contribution in [3.05, 3.63) is 22.2 Å². The summed E-state index contributed by atoms with van der Waals surface area (Å²) in [6.07, 6.45) is 0. The quantitative estimate of drug-likeness (QED) is 0.587. The zero-order valence-corrected chi connectivity index (χ0v) is 11.1. The number of carbonyl (C=O) groups is 1. The largest absolute Gasteiger partial charge is 0.370 e. The zero-order valence-electron chi connectivity index (χ0n) is 11.1. The van der Waals surface area contributed by atoms with Gasteiger partial charge in [-0.05, 0) is 13.0 Å². The highest BCUT2D eigenvalue weighted by Gasteiger charge is 2.17. The van der Waals surface area contributed by atoms with E-state index in [1.807, 2.05) is 6.92 Å². The highest BCUT2D eigenvalue weighted by Crippen LogP contribution is 2.23. The van der Waals surface area contributed by atoms with Crippen LogP contribution in [0.25, 0.3) is 0 Å². The van der Waals surface area contributed by atoms with Gasteiger partial charge in [-0.25, -0.2) is 4.98 Å². The molecule has 1 aromatic rings. The van der Waals surface area contributed by atoms with E-state index in [0.29, 0.717) is 12.4 Å². The summed E-state index contributed by atoms with van der Waals surface area (Å²) in [5.41, 5.74) is -0.159. The molecule has 0 aliphatic heterocycles. The first-order chi connectivity index (χ1) is 8.95. The lowest BCUT2D eigenvalue weighted by molar-refractivity contribution is -0.384. The summed E-state index contributed by atoms with van der Waals surface area (Å²) in [7, 11) is 3.22. The zero-order chi connectivity index (χ0) is 14.4. The smallest absolute Gasteiger partial charge is 0.311 e. The molecule has 0 aliphatic carbocycles. The van der Waals surface area contributed by atoms with E-state index in [4.69, 9.17) is 0 Å². The summed E-state index contributed by atoms with van der Waals surface area (Å²) in [5.74, 6) is 0.413. The van der Waals surface area contributed by atoms with E-state index in [1.54, 1.807) is 14.1 Å². The summed E-state index contributed by atoms with van der Waals surface area (Å²) in [6, 6.07) is 2.88. The molecule has 0 atom stereocenters. The van der Waals surface area contributed by atoms with Crippen molar-refractivity contribution in [2.45, 2.75) is 6.92 Å². The number of anilines is 2. The molecule has 0 spiro atoms. The van der Waals surface area contributed by atoms with Crippen molar-refractivity contribution in [1.82, 2.24) is 9.88 Å². The van der Waals surface area contributed by atoms with Crippen LogP contribution < -0.4 is 10.6 Å². The fourth-order valence-electron chi connectivity index (χ4n) is 1.33. The Balaban J connectivity index is 2.91. The predicted octanol–water partition coefficient (Wildman–Crippen LogP) is 0.922. The van der Waals surface area contributed by atoms with E-state index >= 15 is 0 Å². The molecule has 1 aromatic heterocycles. The average Bonchev–Trinajstić information content (AvgIpc) is 2.36. The maximum atomic E-state index is 11.5. The first-order valence-corrected chi connectivity index (χ1v) is 5.79. The number of hydrogen-bond acceptors (Lipinski definition) is 6. The van der Waals surface area contributed by atoms with Gasteiger partial charge in [-0.2, -0.15) is 0 Å². The minimum atomic E-state index is -0.537. The fraction of sp³-hybridized carbons (Fsp3) is 0.455. The molecule has 0 saturated carbocycles. The van der Waals surface area contributed by atoms with Crippen molar-refractivity contribution in [2.24, 2.45) is 0 Å². The Kier molecular flexibility index (Phi) is 5.04. The molecule has 104 valence electrons. The van der Waals surface area contributed by atoms with Crippen molar-refractivity contribution in [3.8, 4) is 0 Å². The second-order valence-electron chi connectivity index (χ2n) is 3.99. The van der Waals surface area contributed by atoms with Crippen LogP contribution in [-0.2, 0) is 4.79 Å². The Morgan fingerprint density at radius 1 is 1.42 bits per heavy atom. The number of amides is 1. The van der Waals surface area contributed by atoms with Gasteiger partial charge < -0.3 is 15.5 Å². The van der Waals surface area contributed by atoms with Crippen LogP contribution in [0.2, 0.25) is 0 Å². The number of pyridine rings is 1. The molecule has 0 aliphatic rings. The molecule has 8 nitrogen and oxygen atoms in total. The van der Waals surface area contributed by atoms with Crippen molar-refractivity contribution in [3.63, 3.8) is 0 Å². The molecule has 0 bridgehead atoms. The highest BCUT2D eigenvalue weighted by atomic mass is 16.6. The number of likely N-dealkylation sites (N-methyl/N-ethyl adjacent to an activating group) is 1. The maximum Gasteiger partial charge on any atom is 0.311 e. The third-order valence-electron chi connectivity index (χ3n) is 2.33. The van der Waals surface area contributed by atoms with Crippen LogP contribution in [-0.4, -0.2) is 47.9 Å². The molecule has 0 unspecified atom stereocenters. The van der Waals surface area contributed by atoms with Gasteiger partial charge in [-0.3, -0.25) is 14.9 Å². The van der Waals surface area contributed by atoms with Crippen molar-refractivity contribution in [1.29, 1.82) is 0 Å². The first kappa shape index (κ1) is 14.7. The normalized spacial score (nSPS) is 9.84. The highest BCUT2D eigenvalue weighted by molar-refractivity contribution is 5.81. The lowest BCUT2D eigenvalue weighted by Crippen LogP contribution is -2.29. The van der Waals surface area contributed by atoms with Gasteiger partial charge >= 0.3 is 5.69 Å². The minimum absolute atomic E-state index is 0.0452. The van der Waals surface area contributed by atoms with Gasteiger partial charge in [0.25, 0.3) is 0 Å². The third kappa shape index (κ3) is 4.09. The molecule has 0 radical (unpaired) electrons. The number of nitro groups is 1. The number of rotatable bonds is 6. The molecular formula is C11H17N5O3. The second kappa shape index (κ2) is 6.53. The Bertz CT molecular complexity index is 475. The van der Waals surface area contributed by atoms with Gasteiger partial charge in [0.2, 0.25) is 11.7 Å². The number of aromatic nitrogens is 1. The number of nitrogens with one attached hydrogen (secondary N) is 2. The topological polar surface area (TPSA) is 100 Å². The van der Waals surface area contributed by atoms with Gasteiger partial charge in [-0.15, -0.1) is 0 Å². The Labute approximate surface area is 111 Å². The summed E-state index contributed by atoms with van der Waals surface area (Å²) in [4.78, 5) is 27.3. The minimum Gasteiger partial charge on any atom is -0.370 e. The molecule has 1 amide bonds. The van der Waals surface area contributed by atoms with Gasteiger partial charge in [0, 0.05) is 26.7 Å². The molecule has 0 aromatic carbocycles. The molecule has 19 heavy (non-hydrogen) atoms. The number of carbonyl (C=O) groups excluding carboxylic acids is 1. The van der Waals surface area contributed by atoms with E-state index in [1.165, 1.54) is 17.0 Å². The van der Waals surface area contributed by atoms with Gasteiger partial charge in [0.05, 0.1) is 11.5 Å². The maximum absolute atomic E-state index is 11.5. The van der Waals surface area contributed by atoms with Crippen LogP contribution in [0.5, 0.6) is 0 Å². The average molecular weight is 267 g/mol. The molecule has 1 heterocycles. The summed E-state index contributed by atoms with van der Waals surface area (Å²) >= 11 is 0. The van der Waals surface area contributed by atoms with Crippen LogP contribution in [0.3, 0.4) is 0 Å². The van der Waals surface area contributed by atoms with Crippen LogP contribution in [0.15, 0.2) is 12.1 Å². The molecule has 0 saturated heterocycles. The lowest BCUT2D eigenvalue weighted by atomic mass is 10.3. The molecule has 2 N–H and O–H groups in total. The van der Waals surface area contributed by atoms with Crippen LogP contribution in [0, 0.1) is 10.1 Å². The standard InChI is InChI=1S/C11H17N5O3/c1-4-12-9-6-5-8(16(18)19)11(14-9)13-7-10(17)15(2)3/h5-6H,4,7H2,1-3H3,(H2,12,13,14). The Hall–Kier alpha value is -2.38. The SMILES string of the molecule is CCNc1ccc([N+](=O)[O-])c(NCC(=O)N(C)C)n1. The fourth-order valence-corrected chi connectivity index (χ4v) is 1.33. The van der Waals surface area contributed by atoms with Crippen LogP contribution in [0.1, 0.15) is 6.92 Å². The van der Waals surface area contributed by atoms with Crippen molar-refractivity contribution < 1.29 is 9.72 Å².